The Morgan fingerprint density at radius 3 is 2.62 bits per heavy atom. The van der Waals surface area contributed by atoms with Crippen molar-refractivity contribution in [2.75, 3.05) is 6.61 Å². The van der Waals surface area contributed by atoms with Crippen molar-refractivity contribution in [1.82, 2.24) is 9.97 Å². The molecule has 0 aliphatic rings. The number of aryl methyl sites for hydroxylation is 1. The standard InChI is InChI=1S/C8H7F3N2O3/c1-4-6(7(14)15)12-2-5(13-4)16-3-8(9,10)11/h2H,3H2,1H3,(H,14,15). The summed E-state index contributed by atoms with van der Waals surface area (Å²) in [5.74, 6) is -1.66. The van der Waals surface area contributed by atoms with Gasteiger partial charge < -0.3 is 9.84 Å². The molecule has 8 heteroatoms. The molecule has 0 bridgehead atoms. The molecule has 0 saturated heterocycles. The minimum absolute atomic E-state index is 0.00725. The van der Waals surface area contributed by atoms with Crippen LogP contribution in [0.3, 0.4) is 0 Å². The van der Waals surface area contributed by atoms with Crippen LogP contribution >= 0.6 is 0 Å². The maximum Gasteiger partial charge on any atom is 0.422 e. The lowest BCUT2D eigenvalue weighted by atomic mass is 10.3. The van der Waals surface area contributed by atoms with Gasteiger partial charge in [-0.2, -0.15) is 13.2 Å². The number of aromatic carboxylic acids is 1. The lowest BCUT2D eigenvalue weighted by Gasteiger charge is -2.08. The second kappa shape index (κ2) is 4.33. The van der Waals surface area contributed by atoms with E-state index in [-0.39, 0.29) is 17.3 Å². The molecule has 0 saturated carbocycles. The molecule has 5 nitrogen and oxygen atoms in total. The maximum atomic E-state index is 11.8. The van der Waals surface area contributed by atoms with E-state index in [0.717, 1.165) is 6.20 Å². The number of aromatic nitrogens is 2. The highest BCUT2D eigenvalue weighted by Gasteiger charge is 2.28. The number of nitrogens with zero attached hydrogens (tertiary/aromatic N) is 2. The van der Waals surface area contributed by atoms with E-state index in [2.05, 4.69) is 14.7 Å². The van der Waals surface area contributed by atoms with E-state index in [1.165, 1.54) is 6.92 Å². The molecule has 0 unspecified atom stereocenters. The van der Waals surface area contributed by atoms with Crippen LogP contribution in [0.15, 0.2) is 6.20 Å². The number of halogens is 3. The van der Waals surface area contributed by atoms with Crippen LogP contribution in [-0.4, -0.2) is 33.8 Å². The predicted molar refractivity (Wildman–Crippen MR) is 45.3 cm³/mol. The number of ether oxygens (including phenoxy) is 1. The molecule has 1 N–H and O–H groups in total. The molecular weight excluding hydrogens is 229 g/mol. The van der Waals surface area contributed by atoms with Crippen molar-refractivity contribution >= 4 is 5.97 Å². The quantitative estimate of drug-likeness (QED) is 0.859. The highest BCUT2D eigenvalue weighted by atomic mass is 19.4. The van der Waals surface area contributed by atoms with Gasteiger partial charge in [-0.3, -0.25) is 0 Å². The first-order valence-electron chi connectivity index (χ1n) is 4.06. The third-order valence-electron chi connectivity index (χ3n) is 1.51. The summed E-state index contributed by atoms with van der Waals surface area (Å²) in [6, 6.07) is 0. The Hall–Kier alpha value is -1.86. The van der Waals surface area contributed by atoms with E-state index in [4.69, 9.17) is 5.11 Å². The zero-order valence-electron chi connectivity index (χ0n) is 8.08. The largest absolute Gasteiger partial charge is 0.476 e. The second-order valence-corrected chi connectivity index (χ2v) is 2.85. The van der Waals surface area contributed by atoms with Crippen LogP contribution in [0.25, 0.3) is 0 Å². The summed E-state index contributed by atoms with van der Waals surface area (Å²) >= 11 is 0. The summed E-state index contributed by atoms with van der Waals surface area (Å²) in [6.07, 6.45) is -3.64. The molecule has 0 aromatic carbocycles. The molecule has 0 radical (unpaired) electrons. The Labute approximate surface area is 87.9 Å². The Bertz CT molecular complexity index is 406. The fourth-order valence-corrected chi connectivity index (χ4v) is 0.896. The van der Waals surface area contributed by atoms with Gasteiger partial charge in [-0.15, -0.1) is 0 Å². The van der Waals surface area contributed by atoms with E-state index in [9.17, 15) is 18.0 Å². The van der Waals surface area contributed by atoms with Crippen molar-refractivity contribution in [3.8, 4) is 5.88 Å². The third-order valence-corrected chi connectivity index (χ3v) is 1.51. The highest BCUT2D eigenvalue weighted by Crippen LogP contribution is 2.17. The molecule has 0 atom stereocenters. The molecule has 0 amide bonds. The van der Waals surface area contributed by atoms with Crippen molar-refractivity contribution in [3.05, 3.63) is 17.6 Å². The minimum atomic E-state index is -4.47. The summed E-state index contributed by atoms with van der Waals surface area (Å²) in [5.41, 5.74) is -0.327. The van der Waals surface area contributed by atoms with Crippen molar-refractivity contribution in [2.24, 2.45) is 0 Å². The average molecular weight is 236 g/mol. The van der Waals surface area contributed by atoms with Crippen LogP contribution in [0.2, 0.25) is 0 Å². The topological polar surface area (TPSA) is 72.3 Å². The van der Waals surface area contributed by atoms with E-state index in [1.807, 2.05) is 0 Å². The summed E-state index contributed by atoms with van der Waals surface area (Å²) in [7, 11) is 0. The Morgan fingerprint density at radius 2 is 2.19 bits per heavy atom. The van der Waals surface area contributed by atoms with Gasteiger partial charge in [-0.25, -0.2) is 14.8 Å². The van der Waals surface area contributed by atoms with Gasteiger partial charge in [-0.05, 0) is 6.92 Å². The highest BCUT2D eigenvalue weighted by molar-refractivity contribution is 5.86. The zero-order chi connectivity index (χ0) is 12.3. The minimum Gasteiger partial charge on any atom is -0.476 e. The zero-order valence-corrected chi connectivity index (χ0v) is 8.08. The fraction of sp³-hybridized carbons (Fsp3) is 0.375. The van der Waals surface area contributed by atoms with Gasteiger partial charge in [0.2, 0.25) is 5.88 Å². The van der Waals surface area contributed by atoms with E-state index < -0.39 is 18.8 Å². The van der Waals surface area contributed by atoms with Crippen LogP contribution in [0, 0.1) is 6.92 Å². The lowest BCUT2D eigenvalue weighted by Crippen LogP contribution is -2.20. The van der Waals surface area contributed by atoms with Crippen molar-refractivity contribution in [3.63, 3.8) is 0 Å². The van der Waals surface area contributed by atoms with Crippen LogP contribution in [-0.2, 0) is 0 Å². The number of carboxylic acids is 1. The first-order valence-corrected chi connectivity index (χ1v) is 4.06. The molecule has 1 heterocycles. The summed E-state index contributed by atoms with van der Waals surface area (Å²) in [4.78, 5) is 17.5. The molecule has 88 valence electrons. The van der Waals surface area contributed by atoms with Crippen LogP contribution in [0.5, 0.6) is 5.88 Å². The Kier molecular flexibility index (Phi) is 3.31. The summed E-state index contributed by atoms with van der Waals surface area (Å²) in [6.45, 7) is -0.176. The predicted octanol–water partition coefficient (Wildman–Crippen LogP) is 1.42. The van der Waals surface area contributed by atoms with Crippen LogP contribution in [0.1, 0.15) is 16.2 Å². The van der Waals surface area contributed by atoms with Crippen molar-refractivity contribution in [2.45, 2.75) is 13.1 Å². The second-order valence-electron chi connectivity index (χ2n) is 2.85. The van der Waals surface area contributed by atoms with Crippen LogP contribution in [0.4, 0.5) is 13.2 Å². The molecule has 16 heavy (non-hydrogen) atoms. The lowest BCUT2D eigenvalue weighted by molar-refractivity contribution is -0.154. The number of rotatable bonds is 3. The van der Waals surface area contributed by atoms with Gasteiger partial charge in [0.05, 0.1) is 11.9 Å². The third kappa shape index (κ3) is 3.37. The van der Waals surface area contributed by atoms with Gasteiger partial charge >= 0.3 is 12.1 Å². The molecule has 1 aromatic rings. The van der Waals surface area contributed by atoms with Crippen molar-refractivity contribution in [1.29, 1.82) is 0 Å². The molecule has 0 spiro atoms. The summed E-state index contributed by atoms with van der Waals surface area (Å²) in [5, 5.41) is 8.59. The fourth-order valence-electron chi connectivity index (χ4n) is 0.896. The number of hydrogen-bond donors (Lipinski definition) is 1. The normalized spacial score (nSPS) is 11.2. The van der Waals surface area contributed by atoms with E-state index in [1.54, 1.807) is 0 Å². The summed E-state index contributed by atoms with van der Waals surface area (Å²) < 4.78 is 39.6. The smallest absolute Gasteiger partial charge is 0.422 e. The SMILES string of the molecule is Cc1nc(OCC(F)(F)F)cnc1C(=O)O. The number of carboxylic acid groups (broad SMARTS) is 1. The first kappa shape index (κ1) is 12.2. The monoisotopic (exact) mass is 236 g/mol. The number of hydrogen-bond acceptors (Lipinski definition) is 4. The molecule has 1 rings (SSSR count). The van der Waals surface area contributed by atoms with Crippen LogP contribution < -0.4 is 4.74 Å². The maximum absolute atomic E-state index is 11.8. The first-order chi connectivity index (χ1) is 7.29. The molecule has 1 aromatic heterocycles. The number of alkyl halides is 3. The van der Waals surface area contributed by atoms with Crippen molar-refractivity contribution < 1.29 is 27.8 Å². The molecule has 0 aliphatic heterocycles. The van der Waals surface area contributed by atoms with Gasteiger partial charge in [-0.1, -0.05) is 0 Å². The van der Waals surface area contributed by atoms with Gasteiger partial charge in [0.15, 0.2) is 12.3 Å². The molecule has 0 fully saturated rings. The van der Waals surface area contributed by atoms with Gasteiger partial charge in [0, 0.05) is 0 Å². The Morgan fingerprint density at radius 1 is 1.56 bits per heavy atom. The van der Waals surface area contributed by atoms with Gasteiger partial charge in [0.1, 0.15) is 0 Å². The average Bonchev–Trinajstić information content (AvgIpc) is 2.13. The van der Waals surface area contributed by atoms with E-state index in [0.29, 0.717) is 0 Å². The molecular formula is C8H7F3N2O3. The molecule has 0 aliphatic carbocycles. The van der Waals surface area contributed by atoms with Gasteiger partial charge in [0.25, 0.3) is 0 Å². The number of carbonyl (C=O) groups is 1. The van der Waals surface area contributed by atoms with E-state index >= 15 is 0 Å². The Balaban J connectivity index is 2.78.